The first-order chi connectivity index (χ1) is 12.3. The predicted octanol–water partition coefficient (Wildman–Crippen LogP) is 4.82. The fraction of sp³-hybridized carbons (Fsp3) is 0.222. The van der Waals surface area contributed by atoms with E-state index in [-0.39, 0.29) is 24.9 Å². The maximum Gasteiger partial charge on any atom is 0.419 e. The molecule has 0 unspecified atom stereocenters. The Morgan fingerprint density at radius 3 is 2.58 bits per heavy atom. The molecule has 1 N–H and O–H groups in total. The maximum absolute atomic E-state index is 12.3. The van der Waals surface area contributed by atoms with Crippen molar-refractivity contribution in [1.29, 1.82) is 0 Å². The lowest BCUT2D eigenvalue weighted by Crippen LogP contribution is -2.28. The topological polar surface area (TPSA) is 64.2 Å². The number of fused-ring (bicyclic) bond motifs is 1. The van der Waals surface area contributed by atoms with Gasteiger partial charge < -0.3 is 9.73 Å². The molecule has 0 bridgehead atoms. The predicted molar refractivity (Wildman–Crippen MR) is 103 cm³/mol. The third-order valence-corrected chi connectivity index (χ3v) is 4.80. The largest absolute Gasteiger partial charge is 0.419 e. The van der Waals surface area contributed by atoms with Gasteiger partial charge in [-0.15, -0.1) is 0 Å². The van der Waals surface area contributed by atoms with Crippen molar-refractivity contribution in [3.63, 3.8) is 0 Å². The van der Waals surface area contributed by atoms with E-state index in [1.54, 1.807) is 36.4 Å². The molecule has 0 radical (unpaired) electrons. The van der Waals surface area contributed by atoms with Crippen LogP contribution in [0, 0.1) is 0 Å². The zero-order chi connectivity index (χ0) is 18.8. The highest BCUT2D eigenvalue weighted by molar-refractivity contribution is 6.35. The molecule has 0 aliphatic carbocycles. The van der Waals surface area contributed by atoms with Crippen molar-refractivity contribution in [2.75, 3.05) is 0 Å². The van der Waals surface area contributed by atoms with E-state index in [0.717, 1.165) is 5.56 Å². The van der Waals surface area contributed by atoms with Crippen molar-refractivity contribution in [3.05, 3.63) is 67.6 Å². The number of hydrogen-bond donors (Lipinski definition) is 1. The van der Waals surface area contributed by atoms with E-state index in [9.17, 15) is 9.59 Å². The van der Waals surface area contributed by atoms with Crippen molar-refractivity contribution in [2.45, 2.75) is 25.9 Å². The van der Waals surface area contributed by atoms with Crippen LogP contribution in [0.4, 0.5) is 0 Å². The van der Waals surface area contributed by atoms with E-state index in [1.165, 1.54) is 4.57 Å². The molecule has 1 amide bonds. The van der Waals surface area contributed by atoms with Crippen LogP contribution in [0.2, 0.25) is 15.1 Å². The molecule has 5 nitrogen and oxygen atoms in total. The minimum Gasteiger partial charge on any atom is -0.408 e. The average molecular weight is 414 g/mol. The number of nitrogens with one attached hydrogen (secondary N) is 1. The second kappa shape index (κ2) is 7.74. The Bertz CT molecular complexity index is 1030. The summed E-state index contributed by atoms with van der Waals surface area (Å²) in [6.45, 7) is 2.02. The highest BCUT2D eigenvalue weighted by Gasteiger charge is 2.15. The standard InChI is InChI=1S/C18H15Cl3N2O3/c1-10(13-4-2-11(19)8-14(13)21)22-17(24)6-7-23-15-5-3-12(20)9-16(15)26-18(23)25/h2-5,8-10H,6-7H2,1H3,(H,22,24)/t10-/m0/s1. The van der Waals surface area contributed by atoms with E-state index >= 15 is 0 Å². The fourth-order valence-corrected chi connectivity index (χ4v) is 3.44. The number of oxazole rings is 1. The molecule has 0 aliphatic heterocycles. The SMILES string of the molecule is C[C@H](NC(=O)CCn1c(=O)oc2cc(Cl)ccc21)c1ccc(Cl)cc1Cl. The Hall–Kier alpha value is -1.95. The van der Waals surface area contributed by atoms with E-state index in [0.29, 0.717) is 26.2 Å². The fourth-order valence-electron chi connectivity index (χ4n) is 2.71. The first-order valence-electron chi connectivity index (χ1n) is 7.88. The van der Waals surface area contributed by atoms with Gasteiger partial charge in [0.1, 0.15) is 0 Å². The van der Waals surface area contributed by atoms with Crippen LogP contribution in [0.25, 0.3) is 11.1 Å². The van der Waals surface area contributed by atoms with Crippen molar-refractivity contribution < 1.29 is 9.21 Å². The van der Waals surface area contributed by atoms with Crippen LogP contribution in [0.3, 0.4) is 0 Å². The van der Waals surface area contributed by atoms with Crippen LogP contribution in [0.1, 0.15) is 24.9 Å². The van der Waals surface area contributed by atoms with Crippen molar-refractivity contribution in [2.24, 2.45) is 0 Å². The van der Waals surface area contributed by atoms with Gasteiger partial charge in [0, 0.05) is 34.1 Å². The van der Waals surface area contributed by atoms with E-state index in [4.69, 9.17) is 39.2 Å². The number of nitrogens with zero attached hydrogens (tertiary/aromatic N) is 1. The molecule has 2 aromatic carbocycles. The highest BCUT2D eigenvalue weighted by Crippen LogP contribution is 2.26. The van der Waals surface area contributed by atoms with Gasteiger partial charge in [-0.2, -0.15) is 0 Å². The smallest absolute Gasteiger partial charge is 0.408 e. The number of amides is 1. The van der Waals surface area contributed by atoms with Gasteiger partial charge >= 0.3 is 5.76 Å². The lowest BCUT2D eigenvalue weighted by Gasteiger charge is -2.16. The molecule has 8 heteroatoms. The summed E-state index contributed by atoms with van der Waals surface area (Å²) in [4.78, 5) is 24.2. The molecule has 26 heavy (non-hydrogen) atoms. The second-order valence-electron chi connectivity index (χ2n) is 5.84. The summed E-state index contributed by atoms with van der Waals surface area (Å²) < 4.78 is 6.56. The molecule has 0 spiro atoms. The number of hydrogen-bond acceptors (Lipinski definition) is 3. The first-order valence-corrected chi connectivity index (χ1v) is 9.02. The van der Waals surface area contributed by atoms with Gasteiger partial charge in [-0.25, -0.2) is 4.79 Å². The minimum atomic E-state index is -0.524. The number of carbonyl (C=O) groups is 1. The number of benzene rings is 2. The molecule has 3 aromatic rings. The zero-order valence-electron chi connectivity index (χ0n) is 13.8. The monoisotopic (exact) mass is 412 g/mol. The van der Waals surface area contributed by atoms with E-state index < -0.39 is 5.76 Å². The molecular weight excluding hydrogens is 399 g/mol. The number of rotatable bonds is 5. The maximum atomic E-state index is 12.3. The first kappa shape index (κ1) is 18.8. The lowest BCUT2D eigenvalue weighted by molar-refractivity contribution is -0.121. The van der Waals surface area contributed by atoms with Gasteiger partial charge in [0.2, 0.25) is 5.91 Å². The van der Waals surface area contributed by atoms with Gasteiger partial charge in [-0.3, -0.25) is 9.36 Å². The van der Waals surface area contributed by atoms with Crippen LogP contribution in [-0.2, 0) is 11.3 Å². The molecule has 1 atom stereocenters. The Labute approximate surface area is 164 Å². The number of aryl methyl sites for hydroxylation is 1. The Kier molecular flexibility index (Phi) is 5.61. The van der Waals surface area contributed by atoms with Crippen molar-refractivity contribution in [3.8, 4) is 0 Å². The van der Waals surface area contributed by atoms with Crippen molar-refractivity contribution in [1.82, 2.24) is 9.88 Å². The molecule has 0 saturated carbocycles. The van der Waals surface area contributed by atoms with Crippen LogP contribution in [0.15, 0.2) is 45.6 Å². The quantitative estimate of drug-likeness (QED) is 0.652. The number of carbonyl (C=O) groups excluding carboxylic acids is 1. The molecule has 0 aliphatic rings. The summed E-state index contributed by atoms with van der Waals surface area (Å²) in [6, 6.07) is 9.75. The third kappa shape index (κ3) is 4.06. The minimum absolute atomic E-state index is 0.118. The summed E-state index contributed by atoms with van der Waals surface area (Å²) >= 11 is 17.9. The molecule has 1 heterocycles. The van der Waals surface area contributed by atoms with Gasteiger partial charge in [0.05, 0.1) is 11.6 Å². The zero-order valence-corrected chi connectivity index (χ0v) is 16.0. The number of aromatic nitrogens is 1. The van der Waals surface area contributed by atoms with Crippen LogP contribution >= 0.6 is 34.8 Å². The van der Waals surface area contributed by atoms with Gasteiger partial charge in [-0.05, 0) is 36.8 Å². The average Bonchev–Trinajstić information content (AvgIpc) is 2.87. The molecular formula is C18H15Cl3N2O3. The van der Waals surface area contributed by atoms with Crippen LogP contribution in [-0.4, -0.2) is 10.5 Å². The Balaban J connectivity index is 1.68. The van der Waals surface area contributed by atoms with E-state index in [1.807, 2.05) is 6.92 Å². The number of halogens is 3. The Morgan fingerprint density at radius 1 is 1.15 bits per heavy atom. The molecule has 3 rings (SSSR count). The highest BCUT2D eigenvalue weighted by atomic mass is 35.5. The Morgan fingerprint density at radius 2 is 1.85 bits per heavy atom. The molecule has 136 valence electrons. The molecule has 0 fully saturated rings. The summed E-state index contributed by atoms with van der Waals surface area (Å²) in [6.07, 6.45) is 0.118. The normalized spacial score (nSPS) is 12.3. The summed E-state index contributed by atoms with van der Waals surface area (Å²) in [5.41, 5.74) is 1.76. The summed E-state index contributed by atoms with van der Waals surface area (Å²) in [7, 11) is 0. The van der Waals surface area contributed by atoms with E-state index in [2.05, 4.69) is 5.32 Å². The summed E-state index contributed by atoms with van der Waals surface area (Å²) in [5, 5.41) is 4.36. The molecule has 1 aromatic heterocycles. The lowest BCUT2D eigenvalue weighted by atomic mass is 10.1. The van der Waals surface area contributed by atoms with Gasteiger partial charge in [-0.1, -0.05) is 40.9 Å². The summed E-state index contributed by atoms with van der Waals surface area (Å²) in [5.74, 6) is -0.734. The van der Waals surface area contributed by atoms with Crippen LogP contribution < -0.4 is 11.1 Å². The van der Waals surface area contributed by atoms with Gasteiger partial charge in [0.25, 0.3) is 0 Å². The third-order valence-electron chi connectivity index (χ3n) is 4.00. The second-order valence-corrected chi connectivity index (χ2v) is 7.12. The van der Waals surface area contributed by atoms with Crippen LogP contribution in [0.5, 0.6) is 0 Å². The molecule has 0 saturated heterocycles. The van der Waals surface area contributed by atoms with Crippen molar-refractivity contribution >= 4 is 51.8 Å². The van der Waals surface area contributed by atoms with Gasteiger partial charge in [0.15, 0.2) is 5.58 Å².